The monoisotopic (exact) mass is 371 g/mol. The van der Waals surface area contributed by atoms with Crippen molar-refractivity contribution in [3.05, 3.63) is 24.3 Å². The number of carbonyl (C=O) groups is 1. The lowest BCUT2D eigenvalue weighted by molar-refractivity contribution is -0.117. The van der Waals surface area contributed by atoms with Gasteiger partial charge in [0.2, 0.25) is 5.91 Å². The number of likely N-dealkylation sites (N-methyl/N-ethyl adjacent to an activating group) is 1. The Hall–Kier alpha value is -1.59. The average Bonchev–Trinajstić information content (AvgIpc) is 3.15. The molecule has 1 atom stereocenters. The quantitative estimate of drug-likeness (QED) is 0.796. The zero-order valence-electron chi connectivity index (χ0n) is 16.6. The molecule has 27 heavy (non-hydrogen) atoms. The van der Waals surface area contributed by atoms with Crippen molar-refractivity contribution in [2.24, 2.45) is 0 Å². The molecule has 0 N–H and O–H groups in total. The minimum Gasteiger partial charge on any atom is -0.377 e. The molecule has 148 valence electrons. The summed E-state index contributed by atoms with van der Waals surface area (Å²) >= 11 is 0. The second kappa shape index (κ2) is 8.61. The summed E-state index contributed by atoms with van der Waals surface area (Å²) in [5, 5.41) is 0. The molecular formula is C22H33N3O2. The van der Waals surface area contributed by atoms with Crippen LogP contribution in [0.2, 0.25) is 0 Å². The zero-order chi connectivity index (χ0) is 18.6. The Morgan fingerprint density at radius 1 is 1.07 bits per heavy atom. The zero-order valence-corrected chi connectivity index (χ0v) is 16.6. The lowest BCUT2D eigenvalue weighted by Crippen LogP contribution is -2.46. The molecule has 5 heteroatoms. The molecule has 0 aliphatic carbocycles. The maximum absolute atomic E-state index is 12.0. The highest BCUT2D eigenvalue weighted by atomic mass is 16.5. The average molecular weight is 372 g/mol. The van der Waals surface area contributed by atoms with Crippen LogP contribution in [0.4, 0.5) is 11.4 Å². The standard InChI is InChI=1S/C22H33N3O2/c1-23(17-21-8-2-3-15-27-21)18-10-13-24(14-11-18)19-6-4-7-20(16-19)25-12-5-9-22(25)26/h4,6-7,16,18,21H,2-3,5,8-15,17H2,1H3/t21-/m1/s1. The summed E-state index contributed by atoms with van der Waals surface area (Å²) in [6.45, 7) is 5.03. The molecule has 3 aliphatic rings. The fourth-order valence-corrected chi connectivity index (χ4v) is 4.77. The van der Waals surface area contributed by atoms with Gasteiger partial charge in [-0.1, -0.05) is 6.07 Å². The van der Waals surface area contributed by atoms with Crippen molar-refractivity contribution in [3.8, 4) is 0 Å². The molecule has 1 aromatic carbocycles. The van der Waals surface area contributed by atoms with E-state index in [4.69, 9.17) is 4.74 Å². The molecule has 0 spiro atoms. The van der Waals surface area contributed by atoms with Gasteiger partial charge in [0.05, 0.1) is 6.10 Å². The maximum Gasteiger partial charge on any atom is 0.227 e. The summed E-state index contributed by atoms with van der Waals surface area (Å²) in [4.78, 5) is 19.0. The lowest BCUT2D eigenvalue weighted by atomic mass is 10.0. The summed E-state index contributed by atoms with van der Waals surface area (Å²) in [5.74, 6) is 0.261. The van der Waals surface area contributed by atoms with E-state index in [0.29, 0.717) is 18.6 Å². The Morgan fingerprint density at radius 3 is 2.59 bits per heavy atom. The first-order chi connectivity index (χ1) is 13.2. The predicted molar refractivity (Wildman–Crippen MR) is 109 cm³/mol. The first-order valence-corrected chi connectivity index (χ1v) is 10.7. The molecule has 3 heterocycles. The van der Waals surface area contributed by atoms with Gasteiger partial charge in [0.1, 0.15) is 0 Å². The van der Waals surface area contributed by atoms with E-state index < -0.39 is 0 Å². The van der Waals surface area contributed by atoms with E-state index >= 15 is 0 Å². The number of ether oxygens (including phenoxy) is 1. The van der Waals surface area contributed by atoms with Crippen LogP contribution in [0, 0.1) is 0 Å². The molecule has 3 saturated heterocycles. The van der Waals surface area contributed by atoms with Crippen LogP contribution in [0.15, 0.2) is 24.3 Å². The van der Waals surface area contributed by atoms with Gasteiger partial charge in [0.25, 0.3) is 0 Å². The number of hydrogen-bond donors (Lipinski definition) is 0. The number of rotatable bonds is 5. The molecular weight excluding hydrogens is 338 g/mol. The van der Waals surface area contributed by atoms with Crippen LogP contribution in [-0.4, -0.2) is 62.8 Å². The third-order valence-electron chi connectivity index (χ3n) is 6.43. The number of hydrogen-bond acceptors (Lipinski definition) is 4. The van der Waals surface area contributed by atoms with E-state index in [0.717, 1.165) is 44.9 Å². The van der Waals surface area contributed by atoms with Crippen molar-refractivity contribution < 1.29 is 9.53 Å². The number of piperidine rings is 1. The highest BCUT2D eigenvalue weighted by molar-refractivity contribution is 5.95. The van der Waals surface area contributed by atoms with Gasteiger partial charge >= 0.3 is 0 Å². The van der Waals surface area contributed by atoms with Gasteiger partial charge in [-0.3, -0.25) is 4.79 Å². The third kappa shape index (κ3) is 4.46. The molecule has 1 aromatic rings. The molecule has 4 rings (SSSR count). The largest absolute Gasteiger partial charge is 0.377 e. The Balaban J connectivity index is 1.31. The highest BCUT2D eigenvalue weighted by Crippen LogP contribution is 2.28. The van der Waals surface area contributed by atoms with Crippen molar-refractivity contribution in [3.63, 3.8) is 0 Å². The highest BCUT2D eigenvalue weighted by Gasteiger charge is 2.26. The van der Waals surface area contributed by atoms with E-state index in [9.17, 15) is 4.79 Å². The number of nitrogens with zero attached hydrogens (tertiary/aromatic N) is 3. The van der Waals surface area contributed by atoms with Crippen molar-refractivity contribution in [2.45, 2.75) is 57.1 Å². The van der Waals surface area contributed by atoms with Crippen LogP contribution in [0.25, 0.3) is 0 Å². The SMILES string of the molecule is CN(C[C@H]1CCCCO1)C1CCN(c2cccc(N3CCCC3=O)c2)CC1. The number of anilines is 2. The minimum atomic E-state index is 0.261. The normalized spacial score (nSPS) is 24.8. The molecule has 3 aliphatic heterocycles. The van der Waals surface area contributed by atoms with Crippen molar-refractivity contribution in [2.75, 3.05) is 49.6 Å². The lowest BCUT2D eigenvalue weighted by Gasteiger charge is -2.39. The van der Waals surface area contributed by atoms with Gasteiger partial charge in [-0.05, 0) is 63.8 Å². The van der Waals surface area contributed by atoms with Gasteiger partial charge < -0.3 is 19.4 Å². The molecule has 3 fully saturated rings. The fraction of sp³-hybridized carbons (Fsp3) is 0.682. The first kappa shape index (κ1) is 18.8. The second-order valence-electron chi connectivity index (χ2n) is 8.32. The van der Waals surface area contributed by atoms with E-state index in [-0.39, 0.29) is 5.91 Å². The number of amides is 1. The van der Waals surface area contributed by atoms with Crippen LogP contribution in [0.5, 0.6) is 0 Å². The molecule has 0 unspecified atom stereocenters. The molecule has 0 radical (unpaired) electrons. The van der Waals surface area contributed by atoms with Gasteiger partial charge in [0, 0.05) is 56.6 Å². The Morgan fingerprint density at radius 2 is 1.89 bits per heavy atom. The van der Waals surface area contributed by atoms with Gasteiger partial charge in [-0.25, -0.2) is 0 Å². The van der Waals surface area contributed by atoms with Crippen LogP contribution in [0.3, 0.4) is 0 Å². The summed E-state index contributed by atoms with van der Waals surface area (Å²) in [6, 6.07) is 9.19. The molecule has 5 nitrogen and oxygen atoms in total. The topological polar surface area (TPSA) is 36.0 Å². The summed E-state index contributed by atoms with van der Waals surface area (Å²) in [5.41, 5.74) is 2.31. The Labute approximate surface area is 163 Å². The molecule has 0 saturated carbocycles. The van der Waals surface area contributed by atoms with E-state index in [2.05, 4.69) is 41.1 Å². The van der Waals surface area contributed by atoms with Gasteiger partial charge in [0.15, 0.2) is 0 Å². The van der Waals surface area contributed by atoms with Crippen molar-refractivity contribution >= 4 is 17.3 Å². The summed E-state index contributed by atoms with van der Waals surface area (Å²) in [6.07, 6.45) is 8.22. The minimum absolute atomic E-state index is 0.261. The predicted octanol–water partition coefficient (Wildman–Crippen LogP) is 3.28. The molecule has 1 amide bonds. The molecule has 0 bridgehead atoms. The maximum atomic E-state index is 12.0. The molecule has 0 aromatic heterocycles. The fourth-order valence-electron chi connectivity index (χ4n) is 4.77. The first-order valence-electron chi connectivity index (χ1n) is 10.7. The number of benzene rings is 1. The van der Waals surface area contributed by atoms with Crippen LogP contribution in [-0.2, 0) is 9.53 Å². The van der Waals surface area contributed by atoms with Crippen LogP contribution in [0.1, 0.15) is 44.9 Å². The van der Waals surface area contributed by atoms with Crippen molar-refractivity contribution in [1.29, 1.82) is 0 Å². The van der Waals surface area contributed by atoms with E-state index in [1.54, 1.807) is 0 Å². The van der Waals surface area contributed by atoms with E-state index in [1.165, 1.54) is 37.8 Å². The van der Waals surface area contributed by atoms with Crippen molar-refractivity contribution in [1.82, 2.24) is 4.90 Å². The smallest absolute Gasteiger partial charge is 0.227 e. The summed E-state index contributed by atoms with van der Waals surface area (Å²) in [7, 11) is 2.26. The Bertz CT molecular complexity index is 636. The second-order valence-corrected chi connectivity index (χ2v) is 8.32. The van der Waals surface area contributed by atoms with E-state index in [1.807, 2.05) is 4.90 Å². The van der Waals surface area contributed by atoms with Crippen LogP contribution >= 0.6 is 0 Å². The third-order valence-corrected chi connectivity index (χ3v) is 6.43. The number of carbonyl (C=O) groups excluding carboxylic acids is 1. The van der Waals surface area contributed by atoms with Gasteiger partial charge in [-0.15, -0.1) is 0 Å². The summed E-state index contributed by atoms with van der Waals surface area (Å²) < 4.78 is 5.92. The Kier molecular flexibility index (Phi) is 5.98. The van der Waals surface area contributed by atoms with Gasteiger partial charge in [-0.2, -0.15) is 0 Å². The van der Waals surface area contributed by atoms with Crippen LogP contribution < -0.4 is 9.80 Å².